The van der Waals surface area contributed by atoms with Crippen molar-refractivity contribution < 1.29 is 4.42 Å². The molecule has 1 aromatic heterocycles. The molecule has 2 rings (SSSR count). The second-order valence-corrected chi connectivity index (χ2v) is 7.22. The molecule has 24 heavy (non-hydrogen) atoms. The van der Waals surface area contributed by atoms with E-state index in [1.165, 1.54) is 19.5 Å². The molecule has 1 unspecified atom stereocenters. The van der Waals surface area contributed by atoms with Gasteiger partial charge in [-0.2, -0.15) is 0 Å². The van der Waals surface area contributed by atoms with Gasteiger partial charge in [0.15, 0.2) is 5.96 Å². The summed E-state index contributed by atoms with van der Waals surface area (Å²) in [6.45, 7) is 13.6. The maximum Gasteiger partial charge on any atom is 0.213 e. The Bertz CT molecular complexity index is 523. The van der Waals surface area contributed by atoms with Crippen LogP contribution >= 0.6 is 24.0 Å². The maximum absolute atomic E-state index is 5.79. The van der Waals surface area contributed by atoms with Crippen molar-refractivity contribution in [1.29, 1.82) is 0 Å². The molecule has 2 N–H and O–H groups in total. The number of nitrogens with one attached hydrogen (secondary N) is 2. The molecular weight excluding hydrogens is 417 g/mol. The molecule has 1 saturated heterocycles. The Hall–Kier alpha value is -0.830. The first-order valence-electron chi connectivity index (χ1n) is 8.54. The van der Waals surface area contributed by atoms with Gasteiger partial charge in [-0.25, -0.2) is 4.98 Å². The molecule has 1 aliphatic rings. The number of rotatable bonds is 5. The van der Waals surface area contributed by atoms with E-state index >= 15 is 0 Å². The highest BCUT2D eigenvalue weighted by Crippen LogP contribution is 2.22. The molecule has 0 saturated carbocycles. The largest absolute Gasteiger partial charge is 0.443 e. The van der Waals surface area contributed by atoms with E-state index in [-0.39, 0.29) is 29.4 Å². The lowest BCUT2D eigenvalue weighted by Gasteiger charge is -2.16. The number of halogens is 1. The van der Waals surface area contributed by atoms with Crippen LogP contribution in [-0.4, -0.2) is 49.1 Å². The summed E-state index contributed by atoms with van der Waals surface area (Å²) in [5, 5.41) is 6.67. The predicted molar refractivity (Wildman–Crippen MR) is 109 cm³/mol. The summed E-state index contributed by atoms with van der Waals surface area (Å²) in [6.07, 6.45) is 3.07. The van der Waals surface area contributed by atoms with Gasteiger partial charge in [0.1, 0.15) is 5.76 Å². The molecule has 0 aliphatic carbocycles. The second-order valence-electron chi connectivity index (χ2n) is 7.22. The van der Waals surface area contributed by atoms with E-state index in [1.807, 2.05) is 6.20 Å². The Balaban J connectivity index is 0.00000288. The monoisotopic (exact) mass is 449 g/mol. The molecule has 2 heterocycles. The quantitative estimate of drug-likeness (QED) is 0.411. The fraction of sp³-hybridized carbons (Fsp3) is 0.765. The van der Waals surface area contributed by atoms with Gasteiger partial charge >= 0.3 is 0 Å². The normalized spacial score (nSPS) is 19.2. The molecule has 7 heteroatoms. The molecule has 138 valence electrons. The van der Waals surface area contributed by atoms with Crippen molar-refractivity contribution in [2.75, 3.05) is 33.2 Å². The van der Waals surface area contributed by atoms with Crippen LogP contribution in [0.25, 0.3) is 0 Å². The minimum Gasteiger partial charge on any atom is -0.443 e. The van der Waals surface area contributed by atoms with Gasteiger partial charge in [0.05, 0.1) is 12.7 Å². The Morgan fingerprint density at radius 2 is 2.17 bits per heavy atom. The summed E-state index contributed by atoms with van der Waals surface area (Å²) in [4.78, 5) is 11.1. The highest BCUT2D eigenvalue weighted by atomic mass is 127. The lowest BCUT2D eigenvalue weighted by molar-refractivity contribution is 0.341. The number of nitrogens with zero attached hydrogens (tertiary/aromatic N) is 3. The number of likely N-dealkylation sites (tertiary alicyclic amines) is 1. The van der Waals surface area contributed by atoms with Gasteiger partial charge in [0.2, 0.25) is 5.89 Å². The molecule has 1 fully saturated rings. The van der Waals surface area contributed by atoms with Crippen molar-refractivity contribution >= 4 is 29.9 Å². The topological polar surface area (TPSA) is 65.7 Å². The van der Waals surface area contributed by atoms with Gasteiger partial charge in [-0.15, -0.1) is 24.0 Å². The third-order valence-electron chi connectivity index (χ3n) is 4.30. The van der Waals surface area contributed by atoms with Crippen LogP contribution in [0.1, 0.15) is 45.8 Å². The summed E-state index contributed by atoms with van der Waals surface area (Å²) in [7, 11) is 1.79. The lowest BCUT2D eigenvalue weighted by atomic mass is 9.94. The van der Waals surface area contributed by atoms with E-state index in [0.717, 1.165) is 24.8 Å². The van der Waals surface area contributed by atoms with E-state index in [4.69, 9.17) is 4.42 Å². The lowest BCUT2D eigenvalue weighted by Crippen LogP contribution is -2.40. The van der Waals surface area contributed by atoms with Crippen LogP contribution in [0.15, 0.2) is 15.6 Å². The first kappa shape index (κ1) is 21.2. The number of aliphatic imine (C=N–C) groups is 1. The van der Waals surface area contributed by atoms with Gasteiger partial charge in [0.25, 0.3) is 0 Å². The SMILES string of the molecule is CCN1CCC(CNC(=NC)NCc2ncc(C(C)(C)C)o2)C1.I. The van der Waals surface area contributed by atoms with Crippen molar-refractivity contribution in [3.63, 3.8) is 0 Å². The molecule has 0 amide bonds. The van der Waals surface area contributed by atoms with Crippen LogP contribution in [0.5, 0.6) is 0 Å². The summed E-state index contributed by atoms with van der Waals surface area (Å²) < 4.78 is 5.79. The van der Waals surface area contributed by atoms with Crippen LogP contribution in [-0.2, 0) is 12.0 Å². The van der Waals surface area contributed by atoms with Gasteiger partial charge in [-0.1, -0.05) is 27.7 Å². The van der Waals surface area contributed by atoms with E-state index in [1.54, 1.807) is 7.05 Å². The number of oxazole rings is 1. The van der Waals surface area contributed by atoms with Gasteiger partial charge in [-0.3, -0.25) is 4.99 Å². The third kappa shape index (κ3) is 6.23. The standard InChI is InChI=1S/C17H31N5O.HI/c1-6-22-8-7-13(12-22)9-20-16(18-5)21-11-15-19-10-14(23-15)17(2,3)4;/h10,13H,6-9,11-12H2,1-5H3,(H2,18,20,21);1H. The van der Waals surface area contributed by atoms with Crippen molar-refractivity contribution in [1.82, 2.24) is 20.5 Å². The Morgan fingerprint density at radius 3 is 2.71 bits per heavy atom. The van der Waals surface area contributed by atoms with Crippen LogP contribution in [0.4, 0.5) is 0 Å². The summed E-state index contributed by atoms with van der Waals surface area (Å²) >= 11 is 0. The number of guanidine groups is 1. The Kier molecular flexibility index (Phi) is 8.49. The highest BCUT2D eigenvalue weighted by Gasteiger charge is 2.21. The number of aromatic nitrogens is 1. The van der Waals surface area contributed by atoms with Crippen LogP contribution < -0.4 is 10.6 Å². The zero-order valence-electron chi connectivity index (χ0n) is 15.6. The Morgan fingerprint density at radius 1 is 1.42 bits per heavy atom. The molecule has 1 atom stereocenters. The van der Waals surface area contributed by atoms with E-state index < -0.39 is 0 Å². The summed E-state index contributed by atoms with van der Waals surface area (Å²) in [5.74, 6) is 3.09. The third-order valence-corrected chi connectivity index (χ3v) is 4.30. The number of hydrogen-bond donors (Lipinski definition) is 2. The smallest absolute Gasteiger partial charge is 0.213 e. The maximum atomic E-state index is 5.79. The molecule has 0 radical (unpaired) electrons. The molecular formula is C17H32IN5O. The molecule has 1 aromatic rings. The molecule has 6 nitrogen and oxygen atoms in total. The van der Waals surface area contributed by atoms with Gasteiger partial charge in [0, 0.05) is 25.6 Å². The number of hydrogen-bond acceptors (Lipinski definition) is 4. The van der Waals surface area contributed by atoms with Crippen LogP contribution in [0.3, 0.4) is 0 Å². The van der Waals surface area contributed by atoms with E-state index in [0.29, 0.717) is 18.4 Å². The zero-order valence-corrected chi connectivity index (χ0v) is 17.9. The van der Waals surface area contributed by atoms with Gasteiger partial charge in [-0.05, 0) is 25.4 Å². The fourth-order valence-corrected chi connectivity index (χ4v) is 2.73. The van der Waals surface area contributed by atoms with E-state index in [2.05, 4.69) is 53.2 Å². The molecule has 0 aromatic carbocycles. The van der Waals surface area contributed by atoms with Gasteiger partial charge < -0.3 is 20.0 Å². The molecule has 1 aliphatic heterocycles. The Labute approximate surface area is 162 Å². The van der Waals surface area contributed by atoms with Crippen molar-refractivity contribution in [3.8, 4) is 0 Å². The minimum atomic E-state index is -0.0151. The molecule has 0 bridgehead atoms. The van der Waals surface area contributed by atoms with Crippen molar-refractivity contribution in [3.05, 3.63) is 17.8 Å². The summed E-state index contributed by atoms with van der Waals surface area (Å²) in [6, 6.07) is 0. The van der Waals surface area contributed by atoms with Crippen LogP contribution in [0.2, 0.25) is 0 Å². The summed E-state index contributed by atoms with van der Waals surface area (Å²) in [5.41, 5.74) is -0.0151. The average Bonchev–Trinajstić information content (AvgIpc) is 3.15. The highest BCUT2D eigenvalue weighted by molar-refractivity contribution is 14.0. The molecule has 0 spiro atoms. The predicted octanol–water partition coefficient (Wildman–Crippen LogP) is 2.60. The van der Waals surface area contributed by atoms with Crippen LogP contribution in [0, 0.1) is 5.92 Å². The second kappa shape index (κ2) is 9.60. The first-order chi connectivity index (χ1) is 10.9. The van der Waals surface area contributed by atoms with E-state index in [9.17, 15) is 0 Å². The zero-order chi connectivity index (χ0) is 16.9. The fourth-order valence-electron chi connectivity index (χ4n) is 2.73. The van der Waals surface area contributed by atoms with Crippen molar-refractivity contribution in [2.45, 2.75) is 46.1 Å². The van der Waals surface area contributed by atoms with Crippen molar-refractivity contribution in [2.24, 2.45) is 10.9 Å². The minimum absolute atomic E-state index is 0. The first-order valence-corrected chi connectivity index (χ1v) is 8.54. The average molecular weight is 449 g/mol.